The van der Waals surface area contributed by atoms with E-state index in [1.807, 2.05) is 13.8 Å². The minimum atomic E-state index is -2.62. The van der Waals surface area contributed by atoms with Gasteiger partial charge in [0.2, 0.25) is 5.91 Å². The largest absolute Gasteiger partial charge is 0.466 e. The van der Waals surface area contributed by atoms with Gasteiger partial charge in [-0.2, -0.15) is 4.36 Å². The zero-order chi connectivity index (χ0) is 22.6. The van der Waals surface area contributed by atoms with Crippen LogP contribution in [0.2, 0.25) is 0 Å². The van der Waals surface area contributed by atoms with Crippen molar-refractivity contribution >= 4 is 21.5 Å². The SMILES string of the molecule is Cc1oc(C)c(C(=O)N=S2(=O)CC3CC(CN(C(=O)C4(CC(C)C)CCC4)C3)C2)c1C. The van der Waals surface area contributed by atoms with Gasteiger partial charge < -0.3 is 9.32 Å². The first-order chi connectivity index (χ1) is 14.5. The van der Waals surface area contributed by atoms with Crippen molar-refractivity contribution in [2.24, 2.45) is 27.5 Å². The van der Waals surface area contributed by atoms with E-state index < -0.39 is 15.6 Å². The van der Waals surface area contributed by atoms with Crippen molar-refractivity contribution in [2.75, 3.05) is 24.6 Å². The van der Waals surface area contributed by atoms with Gasteiger partial charge in [0.1, 0.15) is 11.5 Å². The van der Waals surface area contributed by atoms with E-state index in [1.165, 1.54) is 0 Å². The second-order valence-electron chi connectivity index (χ2n) is 10.6. The van der Waals surface area contributed by atoms with E-state index in [0.29, 0.717) is 53.5 Å². The van der Waals surface area contributed by atoms with Crippen LogP contribution in [0.1, 0.15) is 73.4 Å². The van der Waals surface area contributed by atoms with Gasteiger partial charge >= 0.3 is 0 Å². The summed E-state index contributed by atoms with van der Waals surface area (Å²) in [4.78, 5) is 28.4. The quantitative estimate of drug-likeness (QED) is 0.679. The highest BCUT2D eigenvalue weighted by Gasteiger charge is 2.49. The van der Waals surface area contributed by atoms with E-state index >= 15 is 0 Å². The number of hydrogen-bond acceptors (Lipinski definition) is 4. The van der Waals surface area contributed by atoms with Gasteiger partial charge in [-0.25, -0.2) is 4.21 Å². The first-order valence-electron chi connectivity index (χ1n) is 11.6. The summed E-state index contributed by atoms with van der Waals surface area (Å²) in [6, 6.07) is 0. The first kappa shape index (κ1) is 22.6. The maximum atomic E-state index is 13.6. The summed E-state index contributed by atoms with van der Waals surface area (Å²) >= 11 is 0. The van der Waals surface area contributed by atoms with Crippen molar-refractivity contribution in [3.05, 3.63) is 22.6 Å². The fourth-order valence-electron chi connectivity index (χ4n) is 6.14. The molecule has 31 heavy (non-hydrogen) atoms. The minimum Gasteiger partial charge on any atom is -0.466 e. The molecule has 2 aliphatic heterocycles. The van der Waals surface area contributed by atoms with Gasteiger partial charge in [0.25, 0.3) is 5.91 Å². The Morgan fingerprint density at radius 3 is 2.19 bits per heavy atom. The molecular formula is C24H36N2O4S. The number of hydrogen-bond donors (Lipinski definition) is 0. The van der Waals surface area contributed by atoms with Gasteiger partial charge in [0, 0.05) is 35.6 Å². The van der Waals surface area contributed by atoms with Crippen LogP contribution in [0.25, 0.3) is 0 Å². The second kappa shape index (κ2) is 8.05. The number of piperidine rings is 1. The molecule has 2 bridgehead atoms. The number of fused-ring (bicyclic) bond motifs is 2. The normalized spacial score (nSPS) is 29.5. The fourth-order valence-corrected chi connectivity index (χ4v) is 8.77. The van der Waals surface area contributed by atoms with Crippen LogP contribution < -0.4 is 0 Å². The predicted octanol–water partition coefficient (Wildman–Crippen LogP) is 4.51. The van der Waals surface area contributed by atoms with Gasteiger partial charge in [-0.05, 0) is 64.2 Å². The molecule has 3 aliphatic rings. The Labute approximate surface area is 186 Å². The van der Waals surface area contributed by atoms with Crippen LogP contribution in [0, 0.1) is 43.9 Å². The van der Waals surface area contributed by atoms with Crippen molar-refractivity contribution in [3.8, 4) is 0 Å². The van der Waals surface area contributed by atoms with Crippen LogP contribution in [-0.4, -0.2) is 45.5 Å². The Morgan fingerprint density at radius 2 is 1.74 bits per heavy atom. The Hall–Kier alpha value is -1.63. The number of nitrogens with zero attached hydrogens (tertiary/aromatic N) is 2. The summed E-state index contributed by atoms with van der Waals surface area (Å²) in [5, 5.41) is 0. The van der Waals surface area contributed by atoms with Crippen molar-refractivity contribution in [3.63, 3.8) is 0 Å². The molecule has 2 amide bonds. The predicted molar refractivity (Wildman–Crippen MR) is 121 cm³/mol. The van der Waals surface area contributed by atoms with Crippen LogP contribution in [-0.2, 0) is 14.5 Å². The third-order valence-corrected chi connectivity index (χ3v) is 9.97. The topological polar surface area (TPSA) is 80.0 Å². The van der Waals surface area contributed by atoms with E-state index in [2.05, 4.69) is 23.1 Å². The zero-order valence-electron chi connectivity index (χ0n) is 19.5. The van der Waals surface area contributed by atoms with E-state index in [9.17, 15) is 13.8 Å². The van der Waals surface area contributed by atoms with Crippen molar-refractivity contribution in [1.29, 1.82) is 0 Å². The molecule has 0 N–H and O–H groups in total. The molecule has 0 radical (unpaired) electrons. The second-order valence-corrected chi connectivity index (χ2v) is 13.0. The van der Waals surface area contributed by atoms with E-state index in [4.69, 9.17) is 4.42 Å². The van der Waals surface area contributed by atoms with Gasteiger partial charge in [-0.1, -0.05) is 20.3 Å². The molecule has 1 saturated carbocycles. The minimum absolute atomic E-state index is 0.157. The summed E-state index contributed by atoms with van der Waals surface area (Å²) in [5.41, 5.74) is 1.06. The van der Waals surface area contributed by atoms with Gasteiger partial charge in [-0.15, -0.1) is 0 Å². The Bertz CT molecular complexity index is 991. The summed E-state index contributed by atoms with van der Waals surface area (Å²) in [5.74, 6) is 2.77. The summed E-state index contributed by atoms with van der Waals surface area (Å²) < 4.78 is 23.4. The smallest absolute Gasteiger partial charge is 0.288 e. The highest BCUT2D eigenvalue weighted by molar-refractivity contribution is 7.94. The Balaban J connectivity index is 1.51. The third kappa shape index (κ3) is 4.22. The molecule has 1 aromatic heterocycles. The number of aryl methyl sites for hydroxylation is 2. The molecule has 3 fully saturated rings. The zero-order valence-corrected chi connectivity index (χ0v) is 20.3. The van der Waals surface area contributed by atoms with Crippen molar-refractivity contribution < 1.29 is 18.2 Å². The van der Waals surface area contributed by atoms with Gasteiger partial charge in [0.05, 0.1) is 15.3 Å². The maximum absolute atomic E-state index is 13.6. The van der Waals surface area contributed by atoms with Crippen LogP contribution in [0.15, 0.2) is 8.78 Å². The number of carbonyl (C=O) groups is 2. The van der Waals surface area contributed by atoms with Crippen molar-refractivity contribution in [2.45, 2.75) is 66.7 Å². The van der Waals surface area contributed by atoms with Crippen LogP contribution in [0.3, 0.4) is 0 Å². The third-order valence-electron chi connectivity index (χ3n) is 7.49. The number of rotatable bonds is 4. The molecule has 0 spiro atoms. The lowest BCUT2D eigenvalue weighted by Crippen LogP contribution is -2.56. The Kier molecular flexibility index (Phi) is 5.86. The fraction of sp³-hybridized carbons (Fsp3) is 0.750. The highest BCUT2D eigenvalue weighted by Crippen LogP contribution is 2.48. The lowest BCUT2D eigenvalue weighted by molar-refractivity contribution is -0.151. The van der Waals surface area contributed by atoms with E-state index in [0.717, 1.165) is 37.7 Å². The van der Waals surface area contributed by atoms with Gasteiger partial charge in [-0.3, -0.25) is 9.59 Å². The molecule has 172 valence electrons. The van der Waals surface area contributed by atoms with E-state index in [-0.39, 0.29) is 17.3 Å². The maximum Gasteiger partial charge on any atom is 0.288 e. The number of carbonyl (C=O) groups excluding carboxylic acids is 2. The van der Waals surface area contributed by atoms with Gasteiger partial charge in [0.15, 0.2) is 0 Å². The first-order valence-corrected chi connectivity index (χ1v) is 13.5. The molecule has 2 saturated heterocycles. The molecule has 2 atom stereocenters. The molecule has 3 heterocycles. The molecule has 2 unspecified atom stereocenters. The molecule has 0 aromatic carbocycles. The average Bonchev–Trinajstić information content (AvgIpc) is 2.88. The number of furan rings is 1. The lowest BCUT2D eigenvalue weighted by atomic mass is 9.63. The molecule has 1 aliphatic carbocycles. The van der Waals surface area contributed by atoms with Crippen LogP contribution >= 0.6 is 0 Å². The molecular weight excluding hydrogens is 412 g/mol. The van der Waals surface area contributed by atoms with E-state index in [1.54, 1.807) is 6.92 Å². The molecule has 1 aromatic rings. The average molecular weight is 449 g/mol. The lowest BCUT2D eigenvalue weighted by Gasteiger charge is -2.49. The standard InChI is InChI=1S/C24H36N2O4S/c1-15(2)10-24(7-6-8-24)23(28)26-11-19-9-20(12-26)14-31(29,13-19)25-22(27)21-16(3)17(4)30-18(21)5/h15,19-20H,6-14H2,1-5H3. The Morgan fingerprint density at radius 1 is 1.13 bits per heavy atom. The van der Waals surface area contributed by atoms with Crippen LogP contribution in [0.5, 0.6) is 0 Å². The monoisotopic (exact) mass is 448 g/mol. The summed E-state index contributed by atoms with van der Waals surface area (Å²) in [6.07, 6.45) is 5.07. The number of likely N-dealkylation sites (tertiary alicyclic amines) is 1. The number of amides is 2. The summed E-state index contributed by atoms with van der Waals surface area (Å²) in [6.45, 7) is 11.1. The highest BCUT2D eigenvalue weighted by atomic mass is 32.2. The molecule has 4 rings (SSSR count). The summed E-state index contributed by atoms with van der Waals surface area (Å²) in [7, 11) is -2.62. The molecule has 6 nitrogen and oxygen atoms in total. The van der Waals surface area contributed by atoms with Crippen molar-refractivity contribution in [1.82, 2.24) is 4.90 Å². The van der Waals surface area contributed by atoms with Crippen LogP contribution in [0.4, 0.5) is 0 Å². The molecule has 7 heteroatoms.